The first-order valence-corrected chi connectivity index (χ1v) is 11.5. The molecule has 6 nitrogen and oxygen atoms in total. The number of nitrogens with one attached hydrogen (secondary N) is 1. The lowest BCUT2D eigenvalue weighted by atomic mass is 10.1. The number of hydrogen-bond donors (Lipinski definition) is 1. The number of aryl methyl sites for hydroxylation is 2. The molecular formula is C17H29N3O3S2. The fraction of sp³-hybridized carbons (Fsp3) is 0.765. The minimum Gasteiger partial charge on any atom is -0.348 e. The predicted molar refractivity (Wildman–Crippen MR) is 102 cm³/mol. The highest BCUT2D eigenvalue weighted by Crippen LogP contribution is 2.21. The molecule has 0 atom stereocenters. The molecule has 0 unspecified atom stereocenters. The first-order valence-electron chi connectivity index (χ1n) is 9.12. The maximum Gasteiger partial charge on any atom is 0.263 e. The summed E-state index contributed by atoms with van der Waals surface area (Å²) in [5, 5.41) is 4.08. The van der Waals surface area contributed by atoms with Crippen LogP contribution >= 0.6 is 11.3 Å². The van der Waals surface area contributed by atoms with Gasteiger partial charge < -0.3 is 5.32 Å². The van der Waals surface area contributed by atoms with E-state index in [2.05, 4.69) is 17.2 Å². The van der Waals surface area contributed by atoms with E-state index in [9.17, 15) is 13.2 Å². The van der Waals surface area contributed by atoms with Crippen molar-refractivity contribution >= 4 is 27.3 Å². The highest BCUT2D eigenvalue weighted by atomic mass is 32.2. The Morgan fingerprint density at radius 2 is 1.96 bits per heavy atom. The van der Waals surface area contributed by atoms with E-state index in [1.54, 1.807) is 4.31 Å². The zero-order valence-electron chi connectivity index (χ0n) is 15.4. The van der Waals surface area contributed by atoms with Crippen molar-refractivity contribution in [1.29, 1.82) is 0 Å². The average molecular weight is 388 g/mol. The molecule has 0 bridgehead atoms. The van der Waals surface area contributed by atoms with Crippen molar-refractivity contribution in [3.63, 3.8) is 0 Å². The Morgan fingerprint density at radius 1 is 1.28 bits per heavy atom. The minimum atomic E-state index is -3.14. The third-order valence-electron chi connectivity index (χ3n) is 4.44. The zero-order valence-corrected chi connectivity index (χ0v) is 17.0. The van der Waals surface area contributed by atoms with Crippen molar-refractivity contribution in [2.45, 2.75) is 65.3 Å². The molecule has 1 amide bonds. The predicted octanol–water partition coefficient (Wildman–Crippen LogP) is 2.73. The summed E-state index contributed by atoms with van der Waals surface area (Å²) in [4.78, 5) is 17.7. The van der Waals surface area contributed by atoms with Gasteiger partial charge in [0, 0.05) is 19.1 Å². The van der Waals surface area contributed by atoms with Crippen molar-refractivity contribution in [3.8, 4) is 0 Å². The molecule has 142 valence electrons. The van der Waals surface area contributed by atoms with Gasteiger partial charge in [-0.1, -0.05) is 20.3 Å². The van der Waals surface area contributed by atoms with Crippen LogP contribution in [0.4, 0.5) is 0 Å². The van der Waals surface area contributed by atoms with Gasteiger partial charge in [0.25, 0.3) is 5.91 Å². The molecule has 1 aromatic heterocycles. The van der Waals surface area contributed by atoms with Crippen LogP contribution in [0.3, 0.4) is 0 Å². The number of aromatic nitrogens is 1. The van der Waals surface area contributed by atoms with Gasteiger partial charge in [0.2, 0.25) is 10.0 Å². The number of amides is 1. The summed E-state index contributed by atoms with van der Waals surface area (Å²) in [5.41, 5.74) is 0.788. The van der Waals surface area contributed by atoms with E-state index in [0.717, 1.165) is 30.0 Å². The number of nitrogens with zero attached hydrogens (tertiary/aromatic N) is 2. The van der Waals surface area contributed by atoms with Gasteiger partial charge in [-0.15, -0.1) is 11.3 Å². The van der Waals surface area contributed by atoms with Gasteiger partial charge >= 0.3 is 0 Å². The summed E-state index contributed by atoms with van der Waals surface area (Å²) in [5.74, 6) is 0.123. The van der Waals surface area contributed by atoms with Gasteiger partial charge in [-0.05, 0) is 39.0 Å². The number of piperidine rings is 1. The molecule has 1 saturated heterocycles. The molecule has 1 fully saturated rings. The second-order valence-electron chi connectivity index (χ2n) is 6.59. The van der Waals surface area contributed by atoms with Crippen LogP contribution in [0.2, 0.25) is 0 Å². The normalized spacial score (nSPS) is 16.9. The smallest absolute Gasteiger partial charge is 0.263 e. The van der Waals surface area contributed by atoms with Crippen LogP contribution < -0.4 is 5.32 Å². The maximum atomic E-state index is 12.5. The van der Waals surface area contributed by atoms with Crippen molar-refractivity contribution in [3.05, 3.63) is 15.6 Å². The second kappa shape index (κ2) is 9.09. The molecule has 1 N–H and O–H groups in total. The Morgan fingerprint density at radius 3 is 2.56 bits per heavy atom. The van der Waals surface area contributed by atoms with Crippen molar-refractivity contribution in [2.75, 3.05) is 18.8 Å². The van der Waals surface area contributed by atoms with Crippen LogP contribution in [0.15, 0.2) is 0 Å². The summed E-state index contributed by atoms with van der Waals surface area (Å²) in [7, 11) is -3.14. The van der Waals surface area contributed by atoms with Crippen LogP contribution in [-0.2, 0) is 16.4 Å². The largest absolute Gasteiger partial charge is 0.348 e. The van der Waals surface area contributed by atoms with Crippen LogP contribution in [0.1, 0.15) is 66.3 Å². The summed E-state index contributed by atoms with van der Waals surface area (Å²) >= 11 is 1.48. The fourth-order valence-electron chi connectivity index (χ4n) is 3.01. The third kappa shape index (κ3) is 5.49. The van der Waals surface area contributed by atoms with Crippen LogP contribution in [0.25, 0.3) is 0 Å². The summed E-state index contributed by atoms with van der Waals surface area (Å²) < 4.78 is 25.8. The van der Waals surface area contributed by atoms with Crippen LogP contribution in [0.5, 0.6) is 0 Å². The van der Waals surface area contributed by atoms with E-state index in [1.165, 1.54) is 11.3 Å². The van der Waals surface area contributed by atoms with Crippen LogP contribution in [-0.4, -0.2) is 48.5 Å². The lowest BCUT2D eigenvalue weighted by molar-refractivity contribution is 0.0927. The SMILES string of the molecule is CCCCc1nc(C)c(C(=O)NC2CCN(S(=O)(=O)CCC)CC2)s1. The maximum absolute atomic E-state index is 12.5. The van der Waals surface area contributed by atoms with Crippen molar-refractivity contribution < 1.29 is 13.2 Å². The third-order valence-corrected chi connectivity index (χ3v) is 7.73. The number of carbonyl (C=O) groups excluding carboxylic acids is 1. The van der Waals surface area contributed by atoms with E-state index in [0.29, 0.717) is 37.2 Å². The highest BCUT2D eigenvalue weighted by molar-refractivity contribution is 7.89. The lowest BCUT2D eigenvalue weighted by Gasteiger charge is -2.31. The average Bonchev–Trinajstić information content (AvgIpc) is 2.94. The Hall–Kier alpha value is -0.990. The number of rotatable bonds is 8. The van der Waals surface area contributed by atoms with Gasteiger partial charge in [-0.3, -0.25) is 4.79 Å². The van der Waals surface area contributed by atoms with E-state index >= 15 is 0 Å². The molecule has 1 aromatic rings. The molecular weight excluding hydrogens is 358 g/mol. The Kier molecular flexibility index (Phi) is 7.39. The Bertz CT molecular complexity index is 677. The summed E-state index contributed by atoms with van der Waals surface area (Å²) in [6.45, 7) is 6.85. The summed E-state index contributed by atoms with van der Waals surface area (Å²) in [6, 6.07) is 0.0289. The van der Waals surface area contributed by atoms with Gasteiger partial charge in [-0.25, -0.2) is 17.7 Å². The molecule has 0 aromatic carbocycles. The lowest BCUT2D eigenvalue weighted by Crippen LogP contribution is -2.47. The van der Waals surface area contributed by atoms with Gasteiger partial charge in [0.05, 0.1) is 16.5 Å². The van der Waals surface area contributed by atoms with E-state index in [4.69, 9.17) is 0 Å². The molecule has 8 heteroatoms. The molecule has 0 radical (unpaired) electrons. The molecule has 0 saturated carbocycles. The van der Waals surface area contributed by atoms with Gasteiger partial charge in [0.1, 0.15) is 4.88 Å². The first-order chi connectivity index (χ1) is 11.9. The fourth-order valence-corrected chi connectivity index (χ4v) is 5.57. The second-order valence-corrected chi connectivity index (χ2v) is 9.76. The molecule has 25 heavy (non-hydrogen) atoms. The number of carbonyl (C=O) groups is 1. The molecule has 1 aliphatic heterocycles. The van der Waals surface area contributed by atoms with Gasteiger partial charge in [0.15, 0.2) is 0 Å². The van der Waals surface area contributed by atoms with E-state index < -0.39 is 10.0 Å². The summed E-state index contributed by atoms with van der Waals surface area (Å²) in [6.07, 6.45) is 5.07. The van der Waals surface area contributed by atoms with Crippen LogP contribution in [0, 0.1) is 6.92 Å². The molecule has 0 spiro atoms. The first kappa shape index (κ1) is 20.3. The standard InChI is InChI=1S/C17H29N3O3S2/c1-4-6-7-15-18-13(3)16(24-15)17(21)19-14-8-10-20(11-9-14)25(22,23)12-5-2/h14H,4-12H2,1-3H3,(H,19,21). The Labute approximate surface area is 155 Å². The van der Waals surface area contributed by atoms with E-state index in [-0.39, 0.29) is 17.7 Å². The topological polar surface area (TPSA) is 79.4 Å². The molecule has 0 aliphatic carbocycles. The zero-order chi connectivity index (χ0) is 18.4. The number of hydrogen-bond acceptors (Lipinski definition) is 5. The number of unbranched alkanes of at least 4 members (excludes halogenated alkanes) is 1. The molecule has 2 rings (SSSR count). The quantitative estimate of drug-likeness (QED) is 0.744. The van der Waals surface area contributed by atoms with Crippen molar-refractivity contribution in [2.24, 2.45) is 0 Å². The monoisotopic (exact) mass is 387 g/mol. The Balaban J connectivity index is 1.89. The van der Waals surface area contributed by atoms with Crippen molar-refractivity contribution in [1.82, 2.24) is 14.6 Å². The van der Waals surface area contributed by atoms with Gasteiger partial charge in [-0.2, -0.15) is 0 Å². The number of sulfonamides is 1. The van der Waals surface area contributed by atoms with E-state index in [1.807, 2.05) is 13.8 Å². The minimum absolute atomic E-state index is 0.0289. The number of thiazole rings is 1. The molecule has 1 aliphatic rings. The molecule has 2 heterocycles. The highest BCUT2D eigenvalue weighted by Gasteiger charge is 2.28.